The van der Waals surface area contributed by atoms with Gasteiger partial charge in [0.05, 0.1) is 31.8 Å². The molecule has 0 radical (unpaired) electrons. The molecule has 1 saturated heterocycles. The summed E-state index contributed by atoms with van der Waals surface area (Å²) >= 11 is 0. The van der Waals surface area contributed by atoms with Gasteiger partial charge in [0.2, 0.25) is 18.4 Å². The molecule has 0 unspecified atom stereocenters. The molecule has 1 fully saturated rings. The third-order valence-corrected chi connectivity index (χ3v) is 8.44. The molecular weight excluding hydrogens is 548 g/mol. The van der Waals surface area contributed by atoms with Crippen molar-refractivity contribution in [3.63, 3.8) is 0 Å². The first kappa shape index (κ1) is 27.6. The van der Waals surface area contributed by atoms with Crippen LogP contribution in [0.25, 0.3) is 0 Å². The van der Waals surface area contributed by atoms with Gasteiger partial charge in [-0.05, 0) is 25.0 Å². The number of methoxy groups -OCH3 is 1. The Morgan fingerprint density at radius 3 is 2.55 bits per heavy atom. The molecule has 2 amide bonds. The number of amides is 2. The van der Waals surface area contributed by atoms with Crippen molar-refractivity contribution in [3.05, 3.63) is 59.2 Å². The number of hydrogen-bond acceptors (Lipinski definition) is 10. The first-order valence-corrected chi connectivity index (χ1v) is 13.6. The average molecular weight is 581 g/mol. The van der Waals surface area contributed by atoms with Crippen molar-refractivity contribution in [2.24, 2.45) is 0 Å². The summed E-state index contributed by atoms with van der Waals surface area (Å²) in [6.07, 6.45) is 2.44. The highest BCUT2D eigenvalue weighted by atomic mass is 16.7. The van der Waals surface area contributed by atoms with Gasteiger partial charge in [-0.15, -0.1) is 0 Å². The fourth-order valence-corrected chi connectivity index (χ4v) is 6.92. The molecule has 0 saturated carbocycles. The van der Waals surface area contributed by atoms with E-state index in [1.807, 2.05) is 6.92 Å². The van der Waals surface area contributed by atoms with Gasteiger partial charge in [-0.2, -0.15) is 0 Å². The minimum atomic E-state index is -1.04. The maximum Gasteiger partial charge on any atom is 0.411 e. The Hall–Kier alpha value is -4.58. The third-order valence-electron chi connectivity index (χ3n) is 8.44. The molecule has 2 aromatic rings. The number of carbonyl (C=O) groups excluding carboxylic acids is 2. The van der Waals surface area contributed by atoms with E-state index >= 15 is 0 Å². The SMILES string of the molecule is C=CCOC(=O)N1[C@@H]2c3c(cc(O)c(OC)c3O)C[C@H]1C(=O)N1[C@@H](CO)c3c(c(OCC=C)c(C)c4c3OCO4)C[C@@H]21. The number of phenols is 2. The van der Waals surface area contributed by atoms with Crippen LogP contribution in [0.1, 0.15) is 39.9 Å². The Morgan fingerprint density at radius 1 is 1.12 bits per heavy atom. The molecule has 12 heteroatoms. The van der Waals surface area contributed by atoms with E-state index in [0.29, 0.717) is 45.1 Å². The summed E-state index contributed by atoms with van der Waals surface area (Å²) in [5.74, 6) is 0.218. The first-order chi connectivity index (χ1) is 20.3. The van der Waals surface area contributed by atoms with Crippen LogP contribution >= 0.6 is 0 Å². The number of rotatable bonds is 7. The molecule has 0 aliphatic carbocycles. The lowest BCUT2D eigenvalue weighted by molar-refractivity contribution is -0.158. The maximum atomic E-state index is 14.3. The summed E-state index contributed by atoms with van der Waals surface area (Å²) < 4.78 is 28.5. The summed E-state index contributed by atoms with van der Waals surface area (Å²) in [6, 6.07) is -2.16. The van der Waals surface area contributed by atoms with Crippen molar-refractivity contribution in [2.45, 2.75) is 43.9 Å². The zero-order valence-corrected chi connectivity index (χ0v) is 23.3. The van der Waals surface area contributed by atoms with Crippen molar-refractivity contribution >= 4 is 12.0 Å². The number of ether oxygens (including phenoxy) is 5. The van der Waals surface area contributed by atoms with Crippen molar-refractivity contribution < 1.29 is 48.6 Å². The van der Waals surface area contributed by atoms with Gasteiger partial charge in [-0.3, -0.25) is 9.69 Å². The van der Waals surface area contributed by atoms with Gasteiger partial charge in [0.15, 0.2) is 23.0 Å². The molecule has 4 heterocycles. The van der Waals surface area contributed by atoms with Gasteiger partial charge < -0.3 is 43.9 Å². The second kappa shape index (κ2) is 10.4. The maximum absolute atomic E-state index is 14.3. The largest absolute Gasteiger partial charge is 0.504 e. The predicted octanol–water partition coefficient (Wildman–Crippen LogP) is 2.80. The molecule has 4 aliphatic rings. The van der Waals surface area contributed by atoms with Crippen LogP contribution in [-0.4, -0.2) is 82.9 Å². The number of aliphatic hydroxyl groups excluding tert-OH is 1. The van der Waals surface area contributed by atoms with E-state index in [1.54, 1.807) is 11.0 Å². The zero-order chi connectivity index (χ0) is 29.9. The van der Waals surface area contributed by atoms with E-state index in [2.05, 4.69) is 13.2 Å². The molecule has 4 aliphatic heterocycles. The Morgan fingerprint density at radius 2 is 1.86 bits per heavy atom. The number of carbonyl (C=O) groups is 2. The average Bonchev–Trinajstić information content (AvgIpc) is 3.47. The molecule has 12 nitrogen and oxygen atoms in total. The lowest BCUT2D eigenvalue weighted by Crippen LogP contribution is -2.69. The predicted molar refractivity (Wildman–Crippen MR) is 147 cm³/mol. The lowest BCUT2D eigenvalue weighted by Gasteiger charge is -2.57. The number of piperazine rings is 1. The number of aromatic hydroxyl groups is 2. The molecule has 0 aromatic heterocycles. The van der Waals surface area contributed by atoms with Crippen LogP contribution in [0, 0.1) is 6.92 Å². The van der Waals surface area contributed by atoms with Gasteiger partial charge >= 0.3 is 6.09 Å². The number of phenolic OH excluding ortho intramolecular Hbond substituents is 2. The van der Waals surface area contributed by atoms with Gasteiger partial charge in [-0.1, -0.05) is 25.3 Å². The first-order valence-electron chi connectivity index (χ1n) is 13.6. The highest BCUT2D eigenvalue weighted by Gasteiger charge is 2.58. The van der Waals surface area contributed by atoms with Crippen molar-refractivity contribution in [1.82, 2.24) is 9.80 Å². The Kier molecular flexibility index (Phi) is 6.80. The van der Waals surface area contributed by atoms with Crippen molar-refractivity contribution in [3.8, 4) is 34.5 Å². The summed E-state index contributed by atoms with van der Waals surface area (Å²) in [7, 11) is 1.31. The molecule has 2 aromatic carbocycles. The van der Waals surface area contributed by atoms with Crippen LogP contribution in [-0.2, 0) is 22.4 Å². The summed E-state index contributed by atoms with van der Waals surface area (Å²) in [5.41, 5.74) is 2.77. The summed E-state index contributed by atoms with van der Waals surface area (Å²) in [4.78, 5) is 30.8. The molecule has 42 heavy (non-hydrogen) atoms. The van der Waals surface area contributed by atoms with Crippen LogP contribution in [0.2, 0.25) is 0 Å². The molecule has 222 valence electrons. The minimum absolute atomic E-state index is 0.00743. The van der Waals surface area contributed by atoms with Crippen LogP contribution in [0.15, 0.2) is 31.4 Å². The quantitative estimate of drug-likeness (QED) is 0.418. The lowest BCUT2D eigenvalue weighted by atomic mass is 9.73. The van der Waals surface area contributed by atoms with Crippen LogP contribution in [0.3, 0.4) is 0 Å². The van der Waals surface area contributed by atoms with Crippen LogP contribution < -0.4 is 18.9 Å². The van der Waals surface area contributed by atoms with E-state index < -0.39 is 42.8 Å². The van der Waals surface area contributed by atoms with E-state index in [4.69, 9.17) is 23.7 Å². The molecule has 3 N–H and O–H groups in total. The molecule has 2 bridgehead atoms. The van der Waals surface area contributed by atoms with Crippen LogP contribution in [0.4, 0.5) is 4.79 Å². The number of hydrogen-bond donors (Lipinski definition) is 3. The van der Waals surface area contributed by atoms with Crippen molar-refractivity contribution in [1.29, 1.82) is 0 Å². The Labute approximate surface area is 241 Å². The molecule has 6 rings (SSSR count). The monoisotopic (exact) mass is 580 g/mol. The fraction of sp³-hybridized carbons (Fsp3) is 0.400. The molecular formula is C30H32N2O10. The second-order valence-corrected chi connectivity index (χ2v) is 10.5. The smallest absolute Gasteiger partial charge is 0.411 e. The van der Waals surface area contributed by atoms with Gasteiger partial charge in [-0.25, -0.2) is 4.79 Å². The number of nitrogens with zero attached hydrogens (tertiary/aromatic N) is 2. The van der Waals surface area contributed by atoms with Gasteiger partial charge in [0.25, 0.3) is 0 Å². The van der Waals surface area contributed by atoms with E-state index in [1.165, 1.54) is 24.2 Å². The number of benzene rings is 2. The fourth-order valence-electron chi connectivity index (χ4n) is 6.92. The zero-order valence-electron chi connectivity index (χ0n) is 23.3. The minimum Gasteiger partial charge on any atom is -0.504 e. The van der Waals surface area contributed by atoms with Crippen LogP contribution in [0.5, 0.6) is 34.5 Å². The van der Waals surface area contributed by atoms with Gasteiger partial charge in [0.1, 0.15) is 25.0 Å². The molecule has 4 atom stereocenters. The van der Waals surface area contributed by atoms with Crippen molar-refractivity contribution in [2.75, 3.05) is 33.7 Å². The summed E-state index contributed by atoms with van der Waals surface area (Å²) in [5, 5.41) is 32.8. The Balaban J connectivity index is 1.60. The normalized spacial score (nSPS) is 23.0. The van der Waals surface area contributed by atoms with E-state index in [9.17, 15) is 24.9 Å². The summed E-state index contributed by atoms with van der Waals surface area (Å²) in [6.45, 7) is 8.82. The number of fused-ring (bicyclic) bond motifs is 9. The van der Waals surface area contributed by atoms with Gasteiger partial charge in [0, 0.05) is 28.7 Å². The topological polar surface area (TPSA) is 147 Å². The number of aliphatic hydroxyl groups is 1. The highest BCUT2D eigenvalue weighted by molar-refractivity contribution is 5.91. The standard InChI is InChI=1S/C30H32N2O10/c1-5-7-39-25-14(3)26-28(42-13-41-26)22-16(25)11-17-23-21-15(10-20(34)27(38-4)24(21)35)9-18(29(36)31(17)19(22)12-33)32(23)30(37)40-8-6-2/h5-6,10,17-19,23,33-35H,1-2,7-9,11-13H2,3-4H3/t17-,18-,19-,23-/m0/s1. The molecule has 0 spiro atoms. The van der Waals surface area contributed by atoms with E-state index in [-0.39, 0.29) is 50.1 Å². The van der Waals surface area contributed by atoms with E-state index in [0.717, 1.165) is 0 Å². The third kappa shape index (κ3) is 3.78. The highest BCUT2D eigenvalue weighted by Crippen LogP contribution is 2.58. The second-order valence-electron chi connectivity index (χ2n) is 10.5. The Bertz CT molecular complexity index is 1500.